The van der Waals surface area contributed by atoms with Crippen LogP contribution in [-0.4, -0.2) is 50.4 Å². The number of sulfone groups is 1. The Morgan fingerprint density at radius 2 is 1.82 bits per heavy atom. The highest BCUT2D eigenvalue weighted by atomic mass is 32.2. The number of nitrogens with one attached hydrogen (secondary N) is 1. The van der Waals surface area contributed by atoms with Gasteiger partial charge in [-0.25, -0.2) is 22.2 Å². The number of nitrogens with zero attached hydrogens (tertiary/aromatic N) is 2. The fourth-order valence-corrected chi connectivity index (χ4v) is 4.95. The van der Waals surface area contributed by atoms with Gasteiger partial charge in [0.15, 0.2) is 9.84 Å². The molecular weight excluding hydrogens is 514 g/mol. The number of amides is 1. The average molecular weight is 547 g/mol. The zero-order valence-corrected chi connectivity index (χ0v) is 22.4. The minimum absolute atomic E-state index is 0.0560. The number of carbonyl (C=O) groups is 1. The van der Waals surface area contributed by atoms with Crippen LogP contribution in [0.25, 0.3) is 0 Å². The Balaban J connectivity index is 1.84. The summed E-state index contributed by atoms with van der Waals surface area (Å²) < 4.78 is 52.8. The summed E-state index contributed by atoms with van der Waals surface area (Å²) in [4.78, 5) is 21.1. The molecule has 11 heteroatoms. The molecule has 0 bridgehead atoms. The van der Waals surface area contributed by atoms with Gasteiger partial charge in [0, 0.05) is 30.5 Å². The first-order valence-electron chi connectivity index (χ1n) is 12.1. The number of halogens is 2. The van der Waals surface area contributed by atoms with E-state index >= 15 is 4.39 Å². The minimum Gasteiger partial charge on any atom is -0.393 e. The lowest BCUT2D eigenvalue weighted by Crippen LogP contribution is -2.29. The number of carbonyl (C=O) groups excluding carboxylic acids is 1. The molecule has 1 aliphatic rings. The lowest BCUT2D eigenvalue weighted by Gasteiger charge is -2.25. The van der Waals surface area contributed by atoms with Crippen LogP contribution in [0.3, 0.4) is 0 Å². The van der Waals surface area contributed by atoms with Crippen LogP contribution >= 0.6 is 0 Å². The van der Waals surface area contributed by atoms with Crippen LogP contribution in [0.15, 0.2) is 63.6 Å². The fourth-order valence-electron chi connectivity index (χ4n) is 4.27. The van der Waals surface area contributed by atoms with Gasteiger partial charge in [-0.15, -0.1) is 0 Å². The third kappa shape index (κ3) is 7.11. The summed E-state index contributed by atoms with van der Waals surface area (Å²) in [6.07, 6.45) is 3.37. The third-order valence-electron chi connectivity index (χ3n) is 6.56. The topological polar surface area (TPSA) is 134 Å². The quantitative estimate of drug-likeness (QED) is 0.343. The summed E-state index contributed by atoms with van der Waals surface area (Å²) in [5.74, 6) is -2.26. The van der Waals surface area contributed by atoms with E-state index < -0.39 is 33.4 Å². The van der Waals surface area contributed by atoms with Crippen LogP contribution in [0.4, 0.5) is 8.78 Å². The van der Waals surface area contributed by atoms with Crippen LogP contribution in [0, 0.1) is 17.6 Å². The molecule has 4 N–H and O–H groups in total. The smallest absolute Gasteiger partial charge is 0.254 e. The molecule has 2 aromatic carbocycles. The first-order chi connectivity index (χ1) is 17.8. The predicted octanol–water partition coefficient (Wildman–Crippen LogP) is 3.70. The van der Waals surface area contributed by atoms with Crippen molar-refractivity contribution in [1.82, 2.24) is 5.32 Å². The average Bonchev–Trinajstić information content (AvgIpc) is 2.86. The number of nitrogens with two attached hydrogens (primary N) is 1. The van der Waals surface area contributed by atoms with E-state index in [1.165, 1.54) is 32.2 Å². The van der Waals surface area contributed by atoms with E-state index in [2.05, 4.69) is 21.9 Å². The van der Waals surface area contributed by atoms with Gasteiger partial charge in [0.1, 0.15) is 23.2 Å². The van der Waals surface area contributed by atoms with Crippen LogP contribution in [0.2, 0.25) is 0 Å². The van der Waals surface area contributed by atoms with Crippen molar-refractivity contribution in [2.45, 2.75) is 49.6 Å². The Bertz CT molecular complexity index is 1400. The lowest BCUT2D eigenvalue weighted by atomic mass is 9.86. The molecule has 0 aliphatic heterocycles. The Morgan fingerprint density at radius 1 is 1.16 bits per heavy atom. The van der Waals surface area contributed by atoms with Crippen LogP contribution in [0.5, 0.6) is 0 Å². The van der Waals surface area contributed by atoms with E-state index in [1.54, 1.807) is 0 Å². The second kappa shape index (κ2) is 12.0. The van der Waals surface area contributed by atoms with Crippen LogP contribution < -0.4 is 11.1 Å². The van der Waals surface area contributed by atoms with E-state index in [-0.39, 0.29) is 39.6 Å². The van der Waals surface area contributed by atoms with Crippen molar-refractivity contribution in [2.24, 2.45) is 21.6 Å². The molecule has 1 amide bonds. The molecular formula is C27H32F2N4O4S. The summed E-state index contributed by atoms with van der Waals surface area (Å²) in [7, 11) is -2.19. The Labute approximate surface area is 221 Å². The summed E-state index contributed by atoms with van der Waals surface area (Å²) >= 11 is 0. The van der Waals surface area contributed by atoms with Gasteiger partial charge in [0.05, 0.1) is 22.6 Å². The van der Waals surface area contributed by atoms with Crippen molar-refractivity contribution in [3.63, 3.8) is 0 Å². The maximum absolute atomic E-state index is 15.1. The maximum Gasteiger partial charge on any atom is 0.254 e. The predicted molar refractivity (Wildman–Crippen MR) is 143 cm³/mol. The first kappa shape index (κ1) is 29.1. The first-order valence-corrected chi connectivity index (χ1v) is 14.0. The van der Waals surface area contributed by atoms with Crippen molar-refractivity contribution >= 4 is 27.3 Å². The van der Waals surface area contributed by atoms with Gasteiger partial charge in [-0.1, -0.05) is 12.6 Å². The molecule has 1 fully saturated rings. The van der Waals surface area contributed by atoms with Gasteiger partial charge in [-0.05, 0) is 68.5 Å². The van der Waals surface area contributed by atoms with Gasteiger partial charge in [0.2, 0.25) is 0 Å². The molecule has 0 heterocycles. The molecule has 0 unspecified atom stereocenters. The number of hydrogen-bond donors (Lipinski definition) is 3. The number of benzene rings is 2. The highest BCUT2D eigenvalue weighted by Crippen LogP contribution is 2.30. The van der Waals surface area contributed by atoms with Gasteiger partial charge in [0.25, 0.3) is 5.91 Å². The molecule has 38 heavy (non-hydrogen) atoms. The summed E-state index contributed by atoms with van der Waals surface area (Å²) in [5, 5.41) is 12.3. The highest BCUT2D eigenvalue weighted by molar-refractivity contribution is 7.90. The summed E-state index contributed by atoms with van der Waals surface area (Å²) in [6, 6.07) is 6.34. The van der Waals surface area contributed by atoms with E-state index in [0.29, 0.717) is 24.1 Å². The second-order valence-electron chi connectivity index (χ2n) is 9.45. The summed E-state index contributed by atoms with van der Waals surface area (Å²) in [6.45, 7) is 5.57. The number of amidine groups is 1. The second-order valence-corrected chi connectivity index (χ2v) is 11.5. The number of aliphatic imine (C=N–C) groups is 2. The highest BCUT2D eigenvalue weighted by Gasteiger charge is 2.23. The van der Waals surface area contributed by atoms with Gasteiger partial charge >= 0.3 is 0 Å². The normalized spacial score (nSPS) is 19.6. The number of aliphatic hydroxyl groups is 1. The lowest BCUT2D eigenvalue weighted by molar-refractivity contribution is 0.0935. The van der Waals surface area contributed by atoms with E-state index in [1.807, 2.05) is 0 Å². The maximum atomic E-state index is 15.1. The van der Waals surface area contributed by atoms with Crippen molar-refractivity contribution in [3.8, 4) is 0 Å². The van der Waals surface area contributed by atoms with Crippen molar-refractivity contribution in [3.05, 3.63) is 77.0 Å². The van der Waals surface area contributed by atoms with Crippen molar-refractivity contribution in [2.75, 3.05) is 13.3 Å². The molecule has 0 radical (unpaired) electrons. The monoisotopic (exact) mass is 546 g/mol. The number of allylic oxidation sites excluding steroid dienone is 1. The molecule has 1 atom stereocenters. The zero-order valence-electron chi connectivity index (χ0n) is 21.5. The number of aliphatic hydroxyl groups excluding tert-OH is 1. The SMILES string of the molecule is C=C(/N=C(\C(N)=N/C)c1ccc(C(=O)N[C@H](C)c2cc(F)cc(S(C)(=O)=O)c2)c(F)c1)[C@H]1CC[C@H](O)CC1. The van der Waals surface area contributed by atoms with Gasteiger partial charge < -0.3 is 16.2 Å². The zero-order chi connectivity index (χ0) is 28.2. The molecule has 0 aromatic heterocycles. The standard InChI is InChI=1S/C27H32F2N4O4S/c1-15(17-5-8-21(34)9-6-17)32-25(26(30)31-3)18-7-10-23(24(29)13-18)27(35)33-16(2)19-11-20(28)14-22(12-19)38(4,36)37/h7,10-14,16-17,21,34H,1,5-6,8-9H2,2-4H3,(H2,30,31)(H,33,35)/b32-25-/t16-,17-,21-/m1/s1. The largest absolute Gasteiger partial charge is 0.393 e. The minimum atomic E-state index is -3.67. The molecule has 8 nitrogen and oxygen atoms in total. The number of hydrogen-bond acceptors (Lipinski definition) is 6. The molecule has 3 rings (SSSR count). The Kier molecular flexibility index (Phi) is 9.16. The van der Waals surface area contributed by atoms with Gasteiger partial charge in [-0.2, -0.15) is 0 Å². The van der Waals surface area contributed by atoms with E-state index in [9.17, 15) is 22.7 Å². The third-order valence-corrected chi connectivity index (χ3v) is 7.66. The van der Waals surface area contributed by atoms with Crippen molar-refractivity contribution < 1.29 is 27.1 Å². The Morgan fingerprint density at radius 3 is 2.39 bits per heavy atom. The molecule has 204 valence electrons. The molecule has 2 aromatic rings. The molecule has 0 saturated heterocycles. The van der Waals surface area contributed by atoms with Crippen LogP contribution in [-0.2, 0) is 9.84 Å². The van der Waals surface area contributed by atoms with E-state index in [0.717, 1.165) is 37.3 Å². The Hall–Kier alpha value is -3.44. The van der Waals surface area contributed by atoms with Crippen molar-refractivity contribution in [1.29, 1.82) is 0 Å². The van der Waals surface area contributed by atoms with Gasteiger partial charge in [-0.3, -0.25) is 9.79 Å². The molecule has 1 aliphatic carbocycles. The number of rotatable bonds is 8. The van der Waals surface area contributed by atoms with Crippen LogP contribution in [0.1, 0.15) is 60.1 Å². The molecule has 1 saturated carbocycles. The molecule has 0 spiro atoms. The summed E-state index contributed by atoms with van der Waals surface area (Å²) in [5.41, 5.74) is 7.06. The fraction of sp³-hybridized carbons (Fsp3) is 0.370. The van der Waals surface area contributed by atoms with E-state index in [4.69, 9.17) is 5.73 Å².